The van der Waals surface area contributed by atoms with E-state index in [0.29, 0.717) is 12.3 Å². The Kier molecular flexibility index (Phi) is 5.24. The third kappa shape index (κ3) is 3.49. The van der Waals surface area contributed by atoms with Crippen molar-refractivity contribution in [2.24, 2.45) is 11.8 Å². The minimum atomic E-state index is -0.596. The number of rotatable bonds is 4. The molecule has 0 radical (unpaired) electrons. The molecule has 2 unspecified atom stereocenters. The Morgan fingerprint density at radius 1 is 1.32 bits per heavy atom. The Bertz CT molecular complexity index is 364. The van der Waals surface area contributed by atoms with E-state index in [4.69, 9.17) is 0 Å². The molecule has 1 heteroatoms. The molecule has 19 heavy (non-hydrogen) atoms. The second-order valence-corrected chi connectivity index (χ2v) is 6.48. The monoisotopic (exact) mass is 264 g/mol. The fourth-order valence-corrected chi connectivity index (χ4v) is 3.95. The molecule has 0 bridgehead atoms. The van der Waals surface area contributed by atoms with E-state index >= 15 is 0 Å². The van der Waals surface area contributed by atoms with E-state index in [1.54, 1.807) is 11.1 Å². The Balaban J connectivity index is 2.26. The molecule has 0 N–H and O–H groups in total. The lowest BCUT2D eigenvalue weighted by molar-refractivity contribution is 0.305. The van der Waals surface area contributed by atoms with Gasteiger partial charge >= 0.3 is 0 Å². The molecule has 0 fully saturated rings. The molecule has 0 aromatic carbocycles. The smallest absolute Gasteiger partial charge is 0.104 e. The molecule has 0 spiro atoms. The molecule has 0 saturated carbocycles. The van der Waals surface area contributed by atoms with E-state index in [1.807, 2.05) is 0 Å². The molecule has 0 heterocycles. The van der Waals surface area contributed by atoms with E-state index in [1.165, 1.54) is 37.7 Å². The first-order valence-corrected chi connectivity index (χ1v) is 8.21. The molecule has 2 aliphatic rings. The van der Waals surface area contributed by atoms with Crippen LogP contribution >= 0.6 is 0 Å². The predicted octanol–water partition coefficient (Wildman–Crippen LogP) is 5.99. The van der Waals surface area contributed by atoms with Crippen LogP contribution in [0.5, 0.6) is 0 Å². The highest BCUT2D eigenvalue weighted by Gasteiger charge is 2.28. The van der Waals surface area contributed by atoms with Crippen LogP contribution in [0.3, 0.4) is 0 Å². The van der Waals surface area contributed by atoms with Crippen molar-refractivity contribution in [1.82, 2.24) is 0 Å². The minimum absolute atomic E-state index is 0.596. The molecule has 2 rings (SSSR count). The largest absolute Gasteiger partial charge is 0.247 e. The standard InChI is InChI=1S/C18H29F/c1-4-6-16-12-14(5-2)11-13(3)18(16)15-7-9-17(19)10-8-15/h7,13-14,17H,4-6,8-12H2,1-3H3/t13-,14?,17?/m0/s1. The van der Waals surface area contributed by atoms with Crippen LogP contribution in [0.2, 0.25) is 0 Å². The zero-order chi connectivity index (χ0) is 13.8. The van der Waals surface area contributed by atoms with Gasteiger partial charge < -0.3 is 0 Å². The lowest BCUT2D eigenvalue weighted by Crippen LogP contribution is -2.20. The Morgan fingerprint density at radius 3 is 2.68 bits per heavy atom. The highest BCUT2D eigenvalue weighted by molar-refractivity contribution is 5.40. The van der Waals surface area contributed by atoms with Crippen LogP contribution in [-0.4, -0.2) is 6.17 Å². The summed E-state index contributed by atoms with van der Waals surface area (Å²) in [5.41, 5.74) is 4.80. The van der Waals surface area contributed by atoms with Gasteiger partial charge in [-0.3, -0.25) is 0 Å². The molecule has 108 valence electrons. The summed E-state index contributed by atoms with van der Waals surface area (Å²) >= 11 is 0. The van der Waals surface area contributed by atoms with Gasteiger partial charge in [0.1, 0.15) is 6.17 Å². The molecular weight excluding hydrogens is 235 g/mol. The first-order valence-electron chi connectivity index (χ1n) is 8.21. The highest BCUT2D eigenvalue weighted by atomic mass is 19.1. The van der Waals surface area contributed by atoms with E-state index in [-0.39, 0.29) is 0 Å². The highest BCUT2D eigenvalue weighted by Crippen LogP contribution is 2.43. The fraction of sp³-hybridized carbons (Fsp3) is 0.778. The van der Waals surface area contributed by atoms with E-state index in [9.17, 15) is 4.39 Å². The second kappa shape index (κ2) is 6.72. The zero-order valence-corrected chi connectivity index (χ0v) is 12.8. The van der Waals surface area contributed by atoms with Gasteiger partial charge in [-0.15, -0.1) is 0 Å². The van der Waals surface area contributed by atoms with E-state index in [0.717, 1.165) is 18.8 Å². The maximum Gasteiger partial charge on any atom is 0.104 e. The van der Waals surface area contributed by atoms with Crippen molar-refractivity contribution in [2.75, 3.05) is 0 Å². The number of hydrogen-bond acceptors (Lipinski definition) is 0. The molecule has 0 aromatic rings. The van der Waals surface area contributed by atoms with Crippen molar-refractivity contribution in [3.8, 4) is 0 Å². The van der Waals surface area contributed by atoms with Gasteiger partial charge in [0.15, 0.2) is 0 Å². The van der Waals surface area contributed by atoms with Gasteiger partial charge in [-0.2, -0.15) is 0 Å². The molecular formula is C18H29F. The van der Waals surface area contributed by atoms with Crippen molar-refractivity contribution in [1.29, 1.82) is 0 Å². The summed E-state index contributed by atoms with van der Waals surface area (Å²) in [6.45, 7) is 6.98. The lowest BCUT2D eigenvalue weighted by atomic mass is 9.71. The van der Waals surface area contributed by atoms with Gasteiger partial charge in [-0.1, -0.05) is 45.3 Å². The number of hydrogen-bond donors (Lipinski definition) is 0. The van der Waals surface area contributed by atoms with Crippen LogP contribution in [0.15, 0.2) is 22.8 Å². The third-order valence-electron chi connectivity index (χ3n) is 4.92. The normalized spacial score (nSPS) is 32.4. The van der Waals surface area contributed by atoms with Gasteiger partial charge in [0.25, 0.3) is 0 Å². The predicted molar refractivity (Wildman–Crippen MR) is 80.9 cm³/mol. The maximum absolute atomic E-state index is 13.3. The Labute approximate surface area is 118 Å². The fourth-order valence-electron chi connectivity index (χ4n) is 3.95. The summed E-state index contributed by atoms with van der Waals surface area (Å²) in [6.07, 6.45) is 10.3. The number of halogens is 1. The van der Waals surface area contributed by atoms with E-state index in [2.05, 4.69) is 26.8 Å². The molecule has 0 nitrogen and oxygen atoms in total. The van der Waals surface area contributed by atoms with Crippen LogP contribution in [0.1, 0.15) is 72.1 Å². The Hall–Kier alpha value is -0.590. The molecule has 0 amide bonds. The molecule has 0 aliphatic heterocycles. The van der Waals surface area contributed by atoms with Crippen molar-refractivity contribution >= 4 is 0 Å². The third-order valence-corrected chi connectivity index (χ3v) is 4.92. The SMILES string of the molecule is CCCC1=C(C2=CCC(F)CC2)[C@@H](C)CC(CC)C1. The van der Waals surface area contributed by atoms with Crippen LogP contribution < -0.4 is 0 Å². The van der Waals surface area contributed by atoms with Crippen LogP contribution in [0.4, 0.5) is 4.39 Å². The zero-order valence-electron chi connectivity index (χ0n) is 12.8. The summed E-state index contributed by atoms with van der Waals surface area (Å²) in [5, 5.41) is 0. The lowest BCUT2D eigenvalue weighted by Gasteiger charge is -2.34. The first-order chi connectivity index (χ1) is 9.15. The number of allylic oxidation sites excluding steroid dienone is 4. The topological polar surface area (TPSA) is 0 Å². The molecule has 2 aliphatic carbocycles. The number of alkyl halides is 1. The van der Waals surface area contributed by atoms with Gasteiger partial charge in [0, 0.05) is 0 Å². The van der Waals surface area contributed by atoms with E-state index < -0.39 is 6.17 Å². The maximum atomic E-state index is 13.3. The van der Waals surface area contributed by atoms with Crippen LogP contribution in [0, 0.1) is 11.8 Å². The Morgan fingerprint density at radius 2 is 2.11 bits per heavy atom. The van der Waals surface area contributed by atoms with Crippen LogP contribution in [-0.2, 0) is 0 Å². The quantitative estimate of drug-likeness (QED) is 0.585. The minimum Gasteiger partial charge on any atom is -0.247 e. The van der Waals surface area contributed by atoms with Crippen molar-refractivity contribution < 1.29 is 4.39 Å². The van der Waals surface area contributed by atoms with Crippen molar-refractivity contribution in [3.05, 3.63) is 22.8 Å². The average Bonchev–Trinajstić information content (AvgIpc) is 2.40. The van der Waals surface area contributed by atoms with Gasteiger partial charge in [-0.25, -0.2) is 4.39 Å². The summed E-state index contributed by atoms with van der Waals surface area (Å²) in [4.78, 5) is 0. The average molecular weight is 264 g/mol. The summed E-state index contributed by atoms with van der Waals surface area (Å²) < 4.78 is 13.3. The summed E-state index contributed by atoms with van der Waals surface area (Å²) in [6, 6.07) is 0. The molecule has 0 aromatic heterocycles. The summed E-state index contributed by atoms with van der Waals surface area (Å²) in [7, 11) is 0. The summed E-state index contributed by atoms with van der Waals surface area (Å²) in [5.74, 6) is 1.56. The molecule has 3 atom stereocenters. The van der Waals surface area contributed by atoms with Gasteiger partial charge in [0.2, 0.25) is 0 Å². The van der Waals surface area contributed by atoms with Crippen molar-refractivity contribution in [2.45, 2.75) is 78.3 Å². The van der Waals surface area contributed by atoms with Gasteiger partial charge in [0.05, 0.1) is 0 Å². The second-order valence-electron chi connectivity index (χ2n) is 6.48. The van der Waals surface area contributed by atoms with Crippen molar-refractivity contribution in [3.63, 3.8) is 0 Å². The van der Waals surface area contributed by atoms with Gasteiger partial charge in [-0.05, 0) is 61.5 Å². The van der Waals surface area contributed by atoms with Crippen LogP contribution in [0.25, 0.3) is 0 Å². The first kappa shape index (κ1) is 14.8. The molecule has 0 saturated heterocycles.